The number of benzene rings is 1. The van der Waals surface area contributed by atoms with Gasteiger partial charge in [-0.05, 0) is 62.0 Å². The van der Waals surface area contributed by atoms with Crippen LogP contribution in [0.5, 0.6) is 0 Å². The average molecular weight is 437 g/mol. The maximum atomic E-state index is 13.4. The number of anilines is 1. The fourth-order valence-corrected chi connectivity index (χ4v) is 4.93. The number of halogens is 1. The summed E-state index contributed by atoms with van der Waals surface area (Å²) in [7, 11) is 4.06. The summed E-state index contributed by atoms with van der Waals surface area (Å²) < 4.78 is 13.2. The minimum atomic E-state index is -0.246. The molecule has 0 saturated carbocycles. The number of pyridine rings is 1. The fourth-order valence-electron chi connectivity index (χ4n) is 4.93. The first kappa shape index (κ1) is 22.5. The van der Waals surface area contributed by atoms with Gasteiger partial charge in [0.2, 0.25) is 5.91 Å². The number of carbonyl (C=O) groups excluding carboxylic acids is 1. The summed E-state index contributed by atoms with van der Waals surface area (Å²) in [5.74, 6) is 1.45. The van der Waals surface area contributed by atoms with E-state index in [2.05, 4.69) is 33.0 Å². The minimum Gasteiger partial charge on any atom is -0.362 e. The molecule has 1 aromatic heterocycles. The lowest BCUT2D eigenvalue weighted by Gasteiger charge is -2.37. The van der Waals surface area contributed by atoms with E-state index in [0.29, 0.717) is 19.0 Å². The number of allylic oxidation sites excluding steroid dienone is 1. The van der Waals surface area contributed by atoms with E-state index < -0.39 is 0 Å². The zero-order valence-corrected chi connectivity index (χ0v) is 19.1. The Hall–Kier alpha value is -2.73. The Morgan fingerprint density at radius 1 is 1.06 bits per heavy atom. The summed E-state index contributed by atoms with van der Waals surface area (Å²) in [5, 5.41) is 0. The highest BCUT2D eigenvalue weighted by atomic mass is 19.1. The van der Waals surface area contributed by atoms with E-state index in [9.17, 15) is 9.18 Å². The third-order valence-corrected chi connectivity index (χ3v) is 6.68. The summed E-state index contributed by atoms with van der Waals surface area (Å²) in [5.41, 5.74) is 2.21. The summed E-state index contributed by atoms with van der Waals surface area (Å²) in [6.45, 7) is 4.05. The molecule has 0 N–H and O–H groups in total. The van der Waals surface area contributed by atoms with Gasteiger partial charge in [0.15, 0.2) is 0 Å². The van der Waals surface area contributed by atoms with Crippen LogP contribution in [0.15, 0.2) is 54.7 Å². The van der Waals surface area contributed by atoms with Crippen LogP contribution >= 0.6 is 0 Å². The molecule has 6 heteroatoms. The van der Waals surface area contributed by atoms with Crippen LogP contribution in [0.3, 0.4) is 0 Å². The molecule has 1 atom stereocenters. The summed E-state index contributed by atoms with van der Waals surface area (Å²) in [6.07, 6.45) is 8.99. The second-order valence-corrected chi connectivity index (χ2v) is 9.15. The first-order chi connectivity index (χ1) is 15.5. The molecule has 2 aromatic rings. The van der Waals surface area contributed by atoms with Crippen molar-refractivity contribution >= 4 is 11.7 Å². The predicted molar refractivity (Wildman–Crippen MR) is 126 cm³/mol. The number of amides is 1. The molecule has 0 spiro atoms. The highest BCUT2D eigenvalue weighted by molar-refractivity contribution is 5.80. The van der Waals surface area contributed by atoms with Gasteiger partial charge in [0, 0.05) is 51.4 Å². The second kappa shape index (κ2) is 10.3. The van der Waals surface area contributed by atoms with Crippen molar-refractivity contribution in [2.24, 2.45) is 11.8 Å². The maximum Gasteiger partial charge on any atom is 0.226 e. The molecule has 5 nitrogen and oxygen atoms in total. The van der Waals surface area contributed by atoms with E-state index in [0.717, 1.165) is 50.3 Å². The molecule has 3 heterocycles. The van der Waals surface area contributed by atoms with Crippen molar-refractivity contribution in [1.82, 2.24) is 14.8 Å². The molecule has 1 saturated heterocycles. The van der Waals surface area contributed by atoms with Crippen molar-refractivity contribution in [3.8, 4) is 0 Å². The Labute approximate surface area is 190 Å². The van der Waals surface area contributed by atoms with Crippen LogP contribution in [0, 0.1) is 17.7 Å². The quantitative estimate of drug-likeness (QED) is 0.639. The standard InChI is InChI=1S/C26H33FN4O/c1-29(2)25-22(6-5-14-28-25)19-30-16-12-21(13-17-30)24-7-3-4-15-31(26(24)32)18-20-8-10-23(27)11-9-20/h3-6,8-11,14,21,24H,7,12-13,15-19H2,1-2H3. The van der Waals surface area contributed by atoms with Gasteiger partial charge in [-0.3, -0.25) is 9.69 Å². The molecule has 1 aromatic carbocycles. The summed E-state index contributed by atoms with van der Waals surface area (Å²) in [4.78, 5) is 24.4. The Bertz CT molecular complexity index is 935. The number of nitrogens with zero attached hydrogens (tertiary/aromatic N) is 4. The molecule has 1 fully saturated rings. The third kappa shape index (κ3) is 5.36. The molecule has 0 bridgehead atoms. The molecule has 2 aliphatic heterocycles. The Morgan fingerprint density at radius 3 is 2.53 bits per heavy atom. The lowest BCUT2D eigenvalue weighted by Crippen LogP contribution is -2.42. The number of hydrogen-bond donors (Lipinski definition) is 0. The van der Waals surface area contributed by atoms with E-state index >= 15 is 0 Å². The predicted octanol–water partition coefficient (Wildman–Crippen LogP) is 4.10. The first-order valence-electron chi connectivity index (χ1n) is 11.5. The molecule has 170 valence electrons. The van der Waals surface area contributed by atoms with Gasteiger partial charge in [0.1, 0.15) is 11.6 Å². The smallest absolute Gasteiger partial charge is 0.226 e. The first-order valence-corrected chi connectivity index (χ1v) is 11.5. The van der Waals surface area contributed by atoms with Crippen molar-refractivity contribution < 1.29 is 9.18 Å². The number of hydrogen-bond acceptors (Lipinski definition) is 4. The van der Waals surface area contributed by atoms with Gasteiger partial charge in [-0.1, -0.05) is 30.4 Å². The molecule has 32 heavy (non-hydrogen) atoms. The van der Waals surface area contributed by atoms with Gasteiger partial charge in [-0.25, -0.2) is 9.37 Å². The number of aromatic nitrogens is 1. The van der Waals surface area contributed by atoms with Crippen LogP contribution in [-0.2, 0) is 17.9 Å². The van der Waals surface area contributed by atoms with Crippen molar-refractivity contribution in [3.05, 3.63) is 71.7 Å². The molecule has 0 radical (unpaired) electrons. The monoisotopic (exact) mass is 436 g/mol. The number of likely N-dealkylation sites (tertiary alicyclic amines) is 1. The van der Waals surface area contributed by atoms with Crippen LogP contribution in [0.25, 0.3) is 0 Å². The third-order valence-electron chi connectivity index (χ3n) is 6.68. The minimum absolute atomic E-state index is 0.0343. The van der Waals surface area contributed by atoms with Crippen molar-refractivity contribution in [2.75, 3.05) is 38.6 Å². The van der Waals surface area contributed by atoms with Gasteiger partial charge in [-0.15, -0.1) is 0 Å². The number of piperidine rings is 1. The maximum absolute atomic E-state index is 13.4. The normalized spacial score (nSPS) is 20.4. The van der Waals surface area contributed by atoms with E-state index in [4.69, 9.17) is 0 Å². The molecule has 1 unspecified atom stereocenters. The largest absolute Gasteiger partial charge is 0.362 e. The van der Waals surface area contributed by atoms with E-state index in [-0.39, 0.29) is 17.6 Å². The van der Waals surface area contributed by atoms with Gasteiger partial charge in [-0.2, -0.15) is 0 Å². The Balaban J connectivity index is 1.36. The molecule has 4 rings (SSSR count). The van der Waals surface area contributed by atoms with Gasteiger partial charge in [0.05, 0.1) is 0 Å². The molecular formula is C26H33FN4O. The fraction of sp³-hybridized carbons (Fsp3) is 0.462. The summed E-state index contributed by atoms with van der Waals surface area (Å²) >= 11 is 0. The molecule has 1 amide bonds. The van der Waals surface area contributed by atoms with Crippen LogP contribution in [0.4, 0.5) is 10.2 Å². The van der Waals surface area contributed by atoms with Crippen molar-refractivity contribution in [3.63, 3.8) is 0 Å². The van der Waals surface area contributed by atoms with Gasteiger partial charge < -0.3 is 9.80 Å². The van der Waals surface area contributed by atoms with Crippen molar-refractivity contribution in [1.29, 1.82) is 0 Å². The zero-order chi connectivity index (χ0) is 22.5. The molecular weight excluding hydrogens is 403 g/mol. The SMILES string of the molecule is CN(C)c1ncccc1CN1CCC(C2CC=CCN(Cc3ccc(F)cc3)C2=O)CC1. The van der Waals surface area contributed by atoms with Crippen LogP contribution in [-0.4, -0.2) is 54.4 Å². The van der Waals surface area contributed by atoms with Gasteiger partial charge >= 0.3 is 0 Å². The van der Waals surface area contributed by atoms with E-state index in [1.807, 2.05) is 31.3 Å². The lowest BCUT2D eigenvalue weighted by molar-refractivity contribution is -0.137. The Kier molecular flexibility index (Phi) is 7.20. The molecule has 2 aliphatic rings. The Morgan fingerprint density at radius 2 is 1.81 bits per heavy atom. The van der Waals surface area contributed by atoms with E-state index in [1.165, 1.54) is 17.7 Å². The summed E-state index contributed by atoms with van der Waals surface area (Å²) in [6, 6.07) is 10.6. The van der Waals surface area contributed by atoms with E-state index in [1.54, 1.807) is 12.1 Å². The van der Waals surface area contributed by atoms with Crippen LogP contribution in [0.2, 0.25) is 0 Å². The average Bonchev–Trinajstić information content (AvgIpc) is 2.97. The lowest BCUT2D eigenvalue weighted by atomic mass is 9.81. The van der Waals surface area contributed by atoms with Crippen molar-refractivity contribution in [2.45, 2.75) is 32.4 Å². The highest BCUT2D eigenvalue weighted by Crippen LogP contribution is 2.32. The molecule has 0 aliphatic carbocycles. The van der Waals surface area contributed by atoms with Gasteiger partial charge in [0.25, 0.3) is 0 Å². The number of carbonyl (C=O) groups is 1. The highest BCUT2D eigenvalue weighted by Gasteiger charge is 2.34. The zero-order valence-electron chi connectivity index (χ0n) is 19.1. The van der Waals surface area contributed by atoms with Crippen LogP contribution in [0.1, 0.15) is 30.4 Å². The number of rotatable bonds is 6. The topological polar surface area (TPSA) is 39.7 Å². The van der Waals surface area contributed by atoms with Crippen LogP contribution < -0.4 is 4.90 Å². The second-order valence-electron chi connectivity index (χ2n) is 9.15.